The molecule has 0 aliphatic carbocycles. The molecular weight excluding hydrogens is 90.1 g/mol. The van der Waals surface area contributed by atoms with Crippen LogP contribution in [0.2, 0.25) is 0 Å². The van der Waals surface area contributed by atoms with E-state index < -0.39 is 0 Å². The maximum absolute atomic E-state index is 10.4. The van der Waals surface area contributed by atoms with Gasteiger partial charge in [0.05, 0.1) is 13.1 Å². The highest BCUT2D eigenvalue weighted by Crippen LogP contribution is 1.80. The molecule has 1 aliphatic rings. The average molecular weight is 99.1 g/mol. The number of nitrogens with one attached hydrogen (secondary N) is 1. The van der Waals surface area contributed by atoms with Crippen molar-refractivity contribution in [1.29, 1.82) is 0 Å². The lowest BCUT2D eigenvalue weighted by Gasteiger charge is -2.22. The first-order valence-corrected chi connectivity index (χ1v) is 2.56. The van der Waals surface area contributed by atoms with Crippen molar-refractivity contribution in [1.82, 2.24) is 0 Å². The van der Waals surface area contributed by atoms with Crippen molar-refractivity contribution >= 4 is 0 Å². The SMILES string of the molecule is [O-][NH+]1CC=CCC1. The van der Waals surface area contributed by atoms with Gasteiger partial charge < -0.3 is 10.3 Å². The molecule has 2 heteroatoms. The van der Waals surface area contributed by atoms with Gasteiger partial charge >= 0.3 is 0 Å². The largest absolute Gasteiger partial charge is 0.634 e. The first-order valence-electron chi connectivity index (χ1n) is 2.56. The highest BCUT2D eigenvalue weighted by Gasteiger charge is 1.95. The van der Waals surface area contributed by atoms with E-state index in [-0.39, 0.29) is 0 Å². The third-order valence-electron chi connectivity index (χ3n) is 1.10. The van der Waals surface area contributed by atoms with Gasteiger partial charge in [-0.25, -0.2) is 0 Å². The van der Waals surface area contributed by atoms with E-state index in [0.29, 0.717) is 11.6 Å². The van der Waals surface area contributed by atoms with Crippen molar-refractivity contribution in [3.05, 3.63) is 17.4 Å². The Balaban J connectivity index is 2.32. The van der Waals surface area contributed by atoms with Crippen molar-refractivity contribution in [2.75, 3.05) is 13.1 Å². The van der Waals surface area contributed by atoms with E-state index >= 15 is 0 Å². The van der Waals surface area contributed by atoms with Gasteiger partial charge in [0.1, 0.15) is 0 Å². The second-order valence-electron chi connectivity index (χ2n) is 1.75. The number of rotatable bonds is 0. The first kappa shape index (κ1) is 4.81. The molecule has 0 saturated heterocycles. The molecule has 0 fully saturated rings. The van der Waals surface area contributed by atoms with Gasteiger partial charge in [-0.2, -0.15) is 0 Å². The summed E-state index contributed by atoms with van der Waals surface area (Å²) in [6.07, 6.45) is 4.95. The van der Waals surface area contributed by atoms with Gasteiger partial charge in [0.2, 0.25) is 0 Å². The van der Waals surface area contributed by atoms with E-state index in [4.69, 9.17) is 0 Å². The van der Waals surface area contributed by atoms with Crippen molar-refractivity contribution in [2.24, 2.45) is 0 Å². The summed E-state index contributed by atoms with van der Waals surface area (Å²) in [5.74, 6) is 0. The molecule has 0 aromatic carbocycles. The molecule has 2 nitrogen and oxygen atoms in total. The van der Waals surface area contributed by atoms with Crippen molar-refractivity contribution in [3.8, 4) is 0 Å². The number of hydrogen-bond acceptors (Lipinski definition) is 1. The van der Waals surface area contributed by atoms with Crippen molar-refractivity contribution in [3.63, 3.8) is 0 Å². The highest BCUT2D eigenvalue weighted by atomic mass is 16.5. The van der Waals surface area contributed by atoms with Crippen LogP contribution in [0, 0.1) is 5.21 Å². The van der Waals surface area contributed by atoms with Crippen LogP contribution < -0.4 is 5.06 Å². The Kier molecular flexibility index (Phi) is 1.44. The summed E-state index contributed by atoms with van der Waals surface area (Å²) < 4.78 is 0. The van der Waals surface area contributed by atoms with E-state index in [9.17, 15) is 5.21 Å². The van der Waals surface area contributed by atoms with Gasteiger partial charge in [0.15, 0.2) is 0 Å². The summed E-state index contributed by atoms with van der Waals surface area (Å²) in [5, 5.41) is 10.8. The van der Waals surface area contributed by atoms with Crippen LogP contribution in [0.1, 0.15) is 6.42 Å². The van der Waals surface area contributed by atoms with E-state index in [1.807, 2.05) is 6.08 Å². The molecule has 1 N–H and O–H groups in total. The Hall–Kier alpha value is -0.340. The van der Waals surface area contributed by atoms with Crippen LogP contribution in [-0.2, 0) is 0 Å². The molecule has 7 heavy (non-hydrogen) atoms. The Morgan fingerprint density at radius 2 is 2.29 bits per heavy atom. The minimum atomic E-state index is 0.377. The molecule has 1 atom stereocenters. The van der Waals surface area contributed by atoms with E-state index in [1.54, 1.807) is 0 Å². The minimum absolute atomic E-state index is 0.377. The Morgan fingerprint density at radius 1 is 1.43 bits per heavy atom. The van der Waals surface area contributed by atoms with Gasteiger partial charge in [0.25, 0.3) is 0 Å². The van der Waals surface area contributed by atoms with Crippen LogP contribution >= 0.6 is 0 Å². The predicted molar refractivity (Wildman–Crippen MR) is 27.8 cm³/mol. The van der Waals surface area contributed by atoms with E-state index in [2.05, 4.69) is 6.08 Å². The van der Waals surface area contributed by atoms with Gasteiger partial charge in [-0.1, -0.05) is 6.08 Å². The zero-order chi connectivity index (χ0) is 5.11. The lowest BCUT2D eigenvalue weighted by molar-refractivity contribution is -0.842. The fourth-order valence-corrected chi connectivity index (χ4v) is 0.679. The summed E-state index contributed by atoms with van der Waals surface area (Å²) in [7, 11) is 0. The molecule has 0 aromatic rings. The van der Waals surface area contributed by atoms with Crippen molar-refractivity contribution < 1.29 is 5.06 Å². The third kappa shape index (κ3) is 1.29. The maximum Gasteiger partial charge on any atom is 0.0955 e. The summed E-state index contributed by atoms with van der Waals surface area (Å²) in [6.45, 7) is 1.43. The second-order valence-corrected chi connectivity index (χ2v) is 1.75. The fraction of sp³-hybridized carbons (Fsp3) is 0.600. The second kappa shape index (κ2) is 2.09. The molecule has 1 heterocycles. The Bertz CT molecular complexity index is 80.1. The van der Waals surface area contributed by atoms with Crippen molar-refractivity contribution in [2.45, 2.75) is 6.42 Å². The summed E-state index contributed by atoms with van der Waals surface area (Å²) >= 11 is 0. The molecule has 0 aromatic heterocycles. The van der Waals surface area contributed by atoms with Crippen LogP contribution in [0.3, 0.4) is 0 Å². The van der Waals surface area contributed by atoms with Crippen LogP contribution in [0.5, 0.6) is 0 Å². The lowest BCUT2D eigenvalue weighted by atomic mass is 10.3. The van der Waals surface area contributed by atoms with Crippen LogP contribution in [0.4, 0.5) is 0 Å². The predicted octanol–water partition coefficient (Wildman–Crippen LogP) is -0.671. The molecule has 0 radical (unpaired) electrons. The van der Waals surface area contributed by atoms with Gasteiger partial charge in [-0.05, 0) is 6.08 Å². The quantitative estimate of drug-likeness (QED) is 0.316. The topological polar surface area (TPSA) is 27.5 Å². The van der Waals surface area contributed by atoms with Gasteiger partial charge in [0, 0.05) is 6.42 Å². The molecule has 0 spiro atoms. The molecular formula is C5H9NO. The zero-order valence-electron chi connectivity index (χ0n) is 4.18. The number of hydrogen-bond donors (Lipinski definition) is 1. The number of hydroxylamine groups is 2. The highest BCUT2D eigenvalue weighted by molar-refractivity contribution is 4.83. The molecule has 1 unspecified atom stereocenters. The molecule has 40 valence electrons. The lowest BCUT2D eigenvalue weighted by Crippen LogP contribution is -3.07. The van der Waals surface area contributed by atoms with Gasteiger partial charge in [-0.3, -0.25) is 0 Å². The minimum Gasteiger partial charge on any atom is -0.634 e. The fourth-order valence-electron chi connectivity index (χ4n) is 0.679. The normalized spacial score (nSPS) is 30.7. The molecule has 1 aliphatic heterocycles. The summed E-state index contributed by atoms with van der Waals surface area (Å²) in [4.78, 5) is 0. The van der Waals surface area contributed by atoms with Crippen LogP contribution in [0.15, 0.2) is 12.2 Å². The van der Waals surface area contributed by atoms with Crippen LogP contribution in [-0.4, -0.2) is 13.1 Å². The monoisotopic (exact) mass is 99.1 g/mol. The van der Waals surface area contributed by atoms with E-state index in [0.717, 1.165) is 13.0 Å². The molecule has 0 amide bonds. The Labute approximate surface area is 43.0 Å². The maximum atomic E-state index is 10.4. The van der Waals surface area contributed by atoms with Gasteiger partial charge in [-0.15, -0.1) is 0 Å². The van der Waals surface area contributed by atoms with E-state index in [1.165, 1.54) is 0 Å². The zero-order valence-corrected chi connectivity index (χ0v) is 4.18. The molecule has 0 saturated carbocycles. The molecule has 0 bridgehead atoms. The smallest absolute Gasteiger partial charge is 0.0955 e. The first-order chi connectivity index (χ1) is 3.39. The third-order valence-corrected chi connectivity index (χ3v) is 1.10. The van der Waals surface area contributed by atoms with Crippen LogP contribution in [0.25, 0.3) is 0 Å². The summed E-state index contributed by atoms with van der Waals surface area (Å²) in [6, 6.07) is 0. The Morgan fingerprint density at radius 3 is 2.57 bits per heavy atom. The summed E-state index contributed by atoms with van der Waals surface area (Å²) in [5.41, 5.74) is 0. The number of quaternary nitrogens is 1. The molecule has 1 rings (SSSR count). The standard InChI is InChI=1S/C5H9NO/c7-6-4-2-1-3-5-6/h1-2,6H,3-5H2. The average Bonchev–Trinajstić information content (AvgIpc) is 1.69.